The van der Waals surface area contributed by atoms with E-state index in [2.05, 4.69) is 10.6 Å². The number of carbonyl (C=O) groups is 1. The number of hydrogen-bond donors (Lipinski definition) is 2. The van der Waals surface area contributed by atoms with Crippen LogP contribution < -0.4 is 10.6 Å². The molecule has 2 N–H and O–H groups in total. The predicted octanol–water partition coefficient (Wildman–Crippen LogP) is 2.61. The molecule has 2 saturated heterocycles. The highest BCUT2D eigenvalue weighted by molar-refractivity contribution is 7.89. The Labute approximate surface area is 180 Å². The van der Waals surface area contributed by atoms with Gasteiger partial charge in [-0.25, -0.2) is 8.42 Å². The van der Waals surface area contributed by atoms with Gasteiger partial charge in [-0.3, -0.25) is 4.79 Å². The van der Waals surface area contributed by atoms with E-state index in [-0.39, 0.29) is 16.9 Å². The molecular formula is C20H25N3O5S2. The van der Waals surface area contributed by atoms with Gasteiger partial charge in [-0.15, -0.1) is 11.3 Å². The molecule has 1 aromatic carbocycles. The first kappa shape index (κ1) is 21.3. The van der Waals surface area contributed by atoms with Gasteiger partial charge in [0.25, 0.3) is 5.91 Å². The minimum absolute atomic E-state index is 0.114. The van der Waals surface area contributed by atoms with Crippen LogP contribution in [0.25, 0.3) is 0 Å². The highest BCUT2D eigenvalue weighted by Crippen LogP contribution is 2.29. The van der Waals surface area contributed by atoms with Gasteiger partial charge in [-0.1, -0.05) is 6.07 Å². The molecule has 2 aromatic rings. The third-order valence-electron chi connectivity index (χ3n) is 5.14. The maximum absolute atomic E-state index is 13.1. The summed E-state index contributed by atoms with van der Waals surface area (Å²) in [7, 11) is -3.67. The Balaban J connectivity index is 1.59. The highest BCUT2D eigenvalue weighted by Gasteiger charge is 2.27. The second-order valence-electron chi connectivity index (χ2n) is 7.17. The lowest BCUT2D eigenvalue weighted by molar-refractivity contribution is 0.0730. The molecule has 1 aromatic heterocycles. The number of anilines is 2. The van der Waals surface area contributed by atoms with Gasteiger partial charge in [0.2, 0.25) is 10.0 Å². The Morgan fingerprint density at radius 3 is 2.70 bits per heavy atom. The fraction of sp³-hybridized carbons (Fsp3) is 0.450. The third-order valence-corrected chi connectivity index (χ3v) is 7.90. The second-order valence-corrected chi connectivity index (χ2v) is 10.1. The number of sulfonamides is 1. The van der Waals surface area contributed by atoms with Crippen LogP contribution in [0, 0.1) is 0 Å². The molecule has 0 saturated carbocycles. The van der Waals surface area contributed by atoms with Gasteiger partial charge < -0.3 is 20.1 Å². The zero-order valence-electron chi connectivity index (χ0n) is 16.5. The number of benzene rings is 1. The van der Waals surface area contributed by atoms with Crippen LogP contribution in [0.15, 0.2) is 40.6 Å². The average molecular weight is 452 g/mol. The van der Waals surface area contributed by atoms with Gasteiger partial charge in [-0.2, -0.15) is 4.31 Å². The summed E-state index contributed by atoms with van der Waals surface area (Å²) in [5.41, 5.74) is 1.09. The van der Waals surface area contributed by atoms with Crippen molar-refractivity contribution >= 4 is 38.6 Å². The van der Waals surface area contributed by atoms with Crippen molar-refractivity contribution in [3.8, 4) is 0 Å². The summed E-state index contributed by atoms with van der Waals surface area (Å²) < 4.78 is 38.4. The molecule has 30 heavy (non-hydrogen) atoms. The average Bonchev–Trinajstić information content (AvgIpc) is 3.47. The maximum Gasteiger partial charge on any atom is 0.265 e. The molecule has 0 radical (unpaired) electrons. The van der Waals surface area contributed by atoms with Crippen LogP contribution in [-0.2, 0) is 19.5 Å². The topological polar surface area (TPSA) is 97.0 Å². The lowest BCUT2D eigenvalue weighted by Crippen LogP contribution is -2.40. The van der Waals surface area contributed by atoms with Gasteiger partial charge >= 0.3 is 0 Å². The molecule has 0 spiro atoms. The molecule has 2 fully saturated rings. The normalized spacial score (nSPS) is 20.2. The number of nitrogens with one attached hydrogen (secondary N) is 2. The van der Waals surface area contributed by atoms with E-state index in [0.29, 0.717) is 49.1 Å². The number of nitrogens with zero attached hydrogens (tertiary/aromatic N) is 1. The summed E-state index contributed by atoms with van der Waals surface area (Å²) in [6, 6.07) is 8.33. The molecule has 2 aliphatic heterocycles. The first-order valence-electron chi connectivity index (χ1n) is 9.96. The number of carbonyl (C=O) groups excluding carboxylic acids is 1. The molecule has 4 rings (SSSR count). The van der Waals surface area contributed by atoms with Crippen molar-refractivity contribution in [2.75, 3.05) is 50.1 Å². The van der Waals surface area contributed by atoms with Gasteiger partial charge in [0.1, 0.15) is 0 Å². The molecule has 1 unspecified atom stereocenters. The number of morpholine rings is 1. The summed E-state index contributed by atoms with van der Waals surface area (Å²) >= 11 is 1.33. The number of ether oxygens (including phenoxy) is 2. The van der Waals surface area contributed by atoms with E-state index in [1.165, 1.54) is 21.7 Å². The number of thiophene rings is 1. The standard InChI is InChI=1S/C20H25N3O5S2/c24-20(19-4-2-12-29-19)22-18-13-16(30(25,26)23-7-10-27-11-8-23)5-6-17(18)21-14-15-3-1-9-28-15/h2,4-6,12-13,15,21H,1,3,7-11,14H2,(H,22,24). The Morgan fingerprint density at radius 1 is 1.17 bits per heavy atom. The van der Waals surface area contributed by atoms with Gasteiger partial charge in [-0.05, 0) is 42.5 Å². The lowest BCUT2D eigenvalue weighted by atomic mass is 10.2. The first-order chi connectivity index (χ1) is 14.5. The van der Waals surface area contributed by atoms with E-state index in [1.54, 1.807) is 24.3 Å². The largest absolute Gasteiger partial charge is 0.381 e. The molecule has 2 aliphatic rings. The van der Waals surface area contributed by atoms with Crippen LogP contribution in [0.3, 0.4) is 0 Å². The highest BCUT2D eigenvalue weighted by atomic mass is 32.2. The Hall–Kier alpha value is -1.98. The van der Waals surface area contributed by atoms with E-state index in [0.717, 1.165) is 19.4 Å². The summed E-state index contributed by atoms with van der Waals surface area (Å²) in [4.78, 5) is 13.3. The van der Waals surface area contributed by atoms with Crippen LogP contribution >= 0.6 is 11.3 Å². The maximum atomic E-state index is 13.1. The molecule has 1 amide bonds. The summed E-state index contributed by atoms with van der Waals surface area (Å²) in [5, 5.41) is 7.99. The monoisotopic (exact) mass is 451 g/mol. The van der Waals surface area contributed by atoms with Crippen molar-refractivity contribution in [1.82, 2.24) is 4.31 Å². The van der Waals surface area contributed by atoms with E-state index in [9.17, 15) is 13.2 Å². The predicted molar refractivity (Wildman–Crippen MR) is 116 cm³/mol. The molecule has 0 bridgehead atoms. The van der Waals surface area contributed by atoms with Gasteiger partial charge in [0.15, 0.2) is 0 Å². The van der Waals surface area contributed by atoms with E-state index in [1.807, 2.05) is 5.38 Å². The SMILES string of the molecule is O=C(Nc1cc(S(=O)(=O)N2CCOCC2)ccc1NCC1CCCO1)c1cccs1. The quantitative estimate of drug-likeness (QED) is 0.672. The lowest BCUT2D eigenvalue weighted by Gasteiger charge is -2.26. The molecule has 0 aliphatic carbocycles. The van der Waals surface area contributed by atoms with Crippen molar-refractivity contribution < 1.29 is 22.7 Å². The number of hydrogen-bond acceptors (Lipinski definition) is 7. The summed E-state index contributed by atoms with van der Waals surface area (Å²) in [6.07, 6.45) is 2.13. The molecule has 162 valence electrons. The fourth-order valence-electron chi connectivity index (χ4n) is 3.50. The first-order valence-corrected chi connectivity index (χ1v) is 12.3. The van der Waals surface area contributed by atoms with Gasteiger partial charge in [0.05, 0.1) is 40.5 Å². The van der Waals surface area contributed by atoms with E-state index < -0.39 is 10.0 Å². The Morgan fingerprint density at radius 2 is 2.00 bits per heavy atom. The van der Waals surface area contributed by atoms with E-state index >= 15 is 0 Å². The molecular weight excluding hydrogens is 426 g/mol. The van der Waals surface area contributed by atoms with Crippen LogP contribution in [-0.4, -0.2) is 64.2 Å². The molecule has 8 nitrogen and oxygen atoms in total. The van der Waals surface area contributed by atoms with Crippen molar-refractivity contribution in [2.24, 2.45) is 0 Å². The van der Waals surface area contributed by atoms with Crippen molar-refractivity contribution in [2.45, 2.75) is 23.8 Å². The smallest absolute Gasteiger partial charge is 0.265 e. The van der Waals surface area contributed by atoms with Crippen LogP contribution in [0.4, 0.5) is 11.4 Å². The van der Waals surface area contributed by atoms with Crippen LogP contribution in [0.1, 0.15) is 22.5 Å². The minimum Gasteiger partial charge on any atom is -0.381 e. The third kappa shape index (κ3) is 4.84. The van der Waals surface area contributed by atoms with E-state index in [4.69, 9.17) is 9.47 Å². The zero-order chi connectivity index (χ0) is 21.0. The van der Waals surface area contributed by atoms with Crippen LogP contribution in [0.5, 0.6) is 0 Å². The van der Waals surface area contributed by atoms with Crippen molar-refractivity contribution in [1.29, 1.82) is 0 Å². The van der Waals surface area contributed by atoms with Crippen molar-refractivity contribution in [3.05, 3.63) is 40.6 Å². The molecule has 1 atom stereocenters. The Bertz CT molecular complexity index is 966. The number of amides is 1. The molecule has 10 heteroatoms. The van der Waals surface area contributed by atoms with Crippen LogP contribution in [0.2, 0.25) is 0 Å². The van der Waals surface area contributed by atoms with Gasteiger partial charge in [0, 0.05) is 26.2 Å². The minimum atomic E-state index is -3.67. The van der Waals surface area contributed by atoms with Crippen molar-refractivity contribution in [3.63, 3.8) is 0 Å². The zero-order valence-corrected chi connectivity index (χ0v) is 18.1. The molecule has 3 heterocycles. The summed E-state index contributed by atoms with van der Waals surface area (Å²) in [6.45, 7) is 2.74. The second kappa shape index (κ2) is 9.44. The number of rotatable bonds is 7. The fourth-order valence-corrected chi connectivity index (χ4v) is 5.55. The summed E-state index contributed by atoms with van der Waals surface area (Å²) in [5.74, 6) is -0.272. The Kier molecular flexibility index (Phi) is 6.69.